The highest BCUT2D eigenvalue weighted by Crippen LogP contribution is 2.23. The number of halogens is 2. The standard InChI is InChI=1S/C14H13Cl2N5OS/c1-8(22)14-19-6-11(23-14)5-17-10-4-20-21(7-10)13-12(16)2-9(15)3-18-13/h2-4,6-8,17,22H,5H2,1H3. The Balaban J connectivity index is 1.69. The molecule has 2 N–H and O–H groups in total. The second-order valence-corrected chi connectivity index (χ2v) is 6.82. The Bertz CT molecular complexity index is 817. The number of nitrogens with one attached hydrogen (secondary N) is 1. The van der Waals surface area contributed by atoms with Gasteiger partial charge in [-0.2, -0.15) is 5.10 Å². The molecule has 0 fully saturated rings. The number of aromatic nitrogens is 4. The molecule has 0 saturated heterocycles. The fourth-order valence-electron chi connectivity index (χ4n) is 1.89. The van der Waals surface area contributed by atoms with E-state index in [1.54, 1.807) is 36.3 Å². The van der Waals surface area contributed by atoms with Gasteiger partial charge in [-0.25, -0.2) is 14.6 Å². The summed E-state index contributed by atoms with van der Waals surface area (Å²) < 4.78 is 1.58. The van der Waals surface area contributed by atoms with Crippen LogP contribution in [0.1, 0.15) is 22.9 Å². The Kier molecular flexibility index (Phi) is 4.82. The maximum atomic E-state index is 9.48. The van der Waals surface area contributed by atoms with Crippen molar-refractivity contribution in [2.24, 2.45) is 0 Å². The van der Waals surface area contributed by atoms with Gasteiger partial charge in [0.1, 0.15) is 11.1 Å². The van der Waals surface area contributed by atoms with Crippen LogP contribution in [0.2, 0.25) is 10.0 Å². The molecule has 23 heavy (non-hydrogen) atoms. The lowest BCUT2D eigenvalue weighted by molar-refractivity contribution is 0.199. The second-order valence-electron chi connectivity index (χ2n) is 4.83. The predicted octanol–water partition coefficient (Wildman–Crippen LogP) is 3.70. The monoisotopic (exact) mass is 369 g/mol. The van der Waals surface area contributed by atoms with E-state index in [-0.39, 0.29) is 0 Å². The van der Waals surface area contributed by atoms with Crippen molar-refractivity contribution in [3.63, 3.8) is 0 Å². The van der Waals surface area contributed by atoms with Crippen LogP contribution in [-0.2, 0) is 6.54 Å². The summed E-state index contributed by atoms with van der Waals surface area (Å²) in [7, 11) is 0. The molecule has 0 saturated carbocycles. The topological polar surface area (TPSA) is 75.9 Å². The first kappa shape index (κ1) is 16.2. The van der Waals surface area contributed by atoms with Crippen molar-refractivity contribution in [3.8, 4) is 5.82 Å². The van der Waals surface area contributed by atoms with Gasteiger partial charge in [-0.3, -0.25) is 0 Å². The average molecular weight is 370 g/mol. The van der Waals surface area contributed by atoms with E-state index >= 15 is 0 Å². The van der Waals surface area contributed by atoms with Gasteiger partial charge in [0.15, 0.2) is 5.82 Å². The Morgan fingerprint density at radius 1 is 1.30 bits per heavy atom. The first-order valence-electron chi connectivity index (χ1n) is 6.75. The zero-order valence-corrected chi connectivity index (χ0v) is 14.4. The van der Waals surface area contributed by atoms with Crippen LogP contribution in [0, 0.1) is 0 Å². The normalized spacial score (nSPS) is 12.3. The number of hydrogen-bond donors (Lipinski definition) is 2. The molecular weight excluding hydrogens is 357 g/mol. The SMILES string of the molecule is CC(O)c1ncc(CNc2cnn(-c3ncc(Cl)cc3Cl)c2)s1. The second kappa shape index (κ2) is 6.84. The summed E-state index contributed by atoms with van der Waals surface area (Å²) in [6.07, 6.45) is 6.20. The molecule has 0 amide bonds. The lowest BCUT2D eigenvalue weighted by Crippen LogP contribution is -1.99. The minimum absolute atomic E-state index is 0.427. The van der Waals surface area contributed by atoms with Crippen LogP contribution >= 0.6 is 34.5 Å². The third-order valence-electron chi connectivity index (χ3n) is 2.98. The van der Waals surface area contributed by atoms with Crippen molar-refractivity contribution in [1.82, 2.24) is 19.7 Å². The van der Waals surface area contributed by atoms with Crippen molar-refractivity contribution < 1.29 is 5.11 Å². The van der Waals surface area contributed by atoms with Crippen LogP contribution in [0.3, 0.4) is 0 Å². The molecule has 3 rings (SSSR count). The number of aliphatic hydroxyl groups is 1. The molecule has 0 bridgehead atoms. The summed E-state index contributed by atoms with van der Waals surface area (Å²) in [4.78, 5) is 9.37. The number of hydrogen-bond acceptors (Lipinski definition) is 6. The van der Waals surface area contributed by atoms with Crippen molar-refractivity contribution in [2.45, 2.75) is 19.6 Å². The Morgan fingerprint density at radius 2 is 2.13 bits per heavy atom. The number of pyridine rings is 1. The number of thiazole rings is 1. The number of aliphatic hydroxyl groups excluding tert-OH is 1. The maximum absolute atomic E-state index is 9.48. The molecule has 1 unspecified atom stereocenters. The molecule has 0 radical (unpaired) electrons. The quantitative estimate of drug-likeness (QED) is 0.716. The van der Waals surface area contributed by atoms with Crippen molar-refractivity contribution in [3.05, 3.63) is 50.8 Å². The molecule has 3 aromatic rings. The number of anilines is 1. The molecule has 0 aliphatic carbocycles. The van der Waals surface area contributed by atoms with Gasteiger partial charge in [0.2, 0.25) is 0 Å². The van der Waals surface area contributed by atoms with E-state index in [1.165, 1.54) is 17.5 Å². The predicted molar refractivity (Wildman–Crippen MR) is 91.5 cm³/mol. The fourth-order valence-corrected chi connectivity index (χ4v) is 3.15. The van der Waals surface area contributed by atoms with Crippen molar-refractivity contribution in [2.75, 3.05) is 5.32 Å². The third-order valence-corrected chi connectivity index (χ3v) is 4.64. The molecule has 6 nitrogen and oxygen atoms in total. The van der Waals surface area contributed by atoms with Gasteiger partial charge in [0.25, 0.3) is 0 Å². The number of nitrogens with zero attached hydrogens (tertiary/aromatic N) is 4. The van der Waals surface area contributed by atoms with Crippen LogP contribution in [0.25, 0.3) is 5.82 Å². The van der Waals surface area contributed by atoms with Gasteiger partial charge in [-0.1, -0.05) is 23.2 Å². The van der Waals surface area contributed by atoms with Crippen LogP contribution in [-0.4, -0.2) is 24.9 Å². The van der Waals surface area contributed by atoms with E-state index in [0.29, 0.717) is 27.4 Å². The van der Waals surface area contributed by atoms with Crippen LogP contribution in [0.15, 0.2) is 30.9 Å². The van der Waals surface area contributed by atoms with Gasteiger partial charge in [-0.05, 0) is 13.0 Å². The summed E-state index contributed by atoms with van der Waals surface area (Å²) in [5.41, 5.74) is 0.824. The molecule has 0 spiro atoms. The molecule has 120 valence electrons. The van der Waals surface area contributed by atoms with Crippen LogP contribution < -0.4 is 5.32 Å². The van der Waals surface area contributed by atoms with Gasteiger partial charge >= 0.3 is 0 Å². The van der Waals surface area contributed by atoms with E-state index in [2.05, 4.69) is 20.4 Å². The zero-order valence-electron chi connectivity index (χ0n) is 12.1. The minimum atomic E-state index is -0.547. The molecular formula is C14H13Cl2N5OS. The highest BCUT2D eigenvalue weighted by Gasteiger charge is 2.09. The largest absolute Gasteiger partial charge is 0.386 e. The van der Waals surface area contributed by atoms with E-state index in [0.717, 1.165) is 10.6 Å². The molecule has 0 aliphatic rings. The Morgan fingerprint density at radius 3 is 2.83 bits per heavy atom. The van der Waals surface area contributed by atoms with Gasteiger partial charge in [0, 0.05) is 17.3 Å². The van der Waals surface area contributed by atoms with Crippen molar-refractivity contribution >= 4 is 40.2 Å². The van der Waals surface area contributed by atoms with E-state index in [1.807, 2.05) is 0 Å². The molecule has 0 aliphatic heterocycles. The summed E-state index contributed by atoms with van der Waals surface area (Å²) in [5, 5.41) is 18.6. The van der Waals surface area contributed by atoms with Crippen LogP contribution in [0.5, 0.6) is 0 Å². The molecule has 0 aromatic carbocycles. The zero-order chi connectivity index (χ0) is 16.4. The molecule has 9 heteroatoms. The Labute approximate surface area is 146 Å². The molecule has 1 atom stereocenters. The Hall–Kier alpha value is -1.67. The smallest absolute Gasteiger partial charge is 0.172 e. The highest BCUT2D eigenvalue weighted by molar-refractivity contribution is 7.11. The van der Waals surface area contributed by atoms with Crippen LogP contribution in [0.4, 0.5) is 5.69 Å². The molecule has 3 aromatic heterocycles. The lowest BCUT2D eigenvalue weighted by Gasteiger charge is -2.03. The van der Waals surface area contributed by atoms with Gasteiger partial charge in [-0.15, -0.1) is 11.3 Å². The summed E-state index contributed by atoms with van der Waals surface area (Å²) in [5.74, 6) is 0.512. The summed E-state index contributed by atoms with van der Waals surface area (Å²) >= 11 is 13.4. The van der Waals surface area contributed by atoms with Crippen molar-refractivity contribution in [1.29, 1.82) is 0 Å². The summed E-state index contributed by atoms with van der Waals surface area (Å²) in [6, 6.07) is 1.62. The summed E-state index contributed by atoms with van der Waals surface area (Å²) in [6.45, 7) is 2.29. The van der Waals surface area contributed by atoms with E-state index < -0.39 is 6.10 Å². The maximum Gasteiger partial charge on any atom is 0.172 e. The minimum Gasteiger partial charge on any atom is -0.386 e. The lowest BCUT2D eigenvalue weighted by atomic mass is 10.4. The van der Waals surface area contributed by atoms with Gasteiger partial charge in [0.05, 0.1) is 34.7 Å². The highest BCUT2D eigenvalue weighted by atomic mass is 35.5. The third kappa shape index (κ3) is 3.81. The average Bonchev–Trinajstić information content (AvgIpc) is 3.14. The number of rotatable bonds is 5. The first-order chi connectivity index (χ1) is 11.0. The fraction of sp³-hybridized carbons (Fsp3) is 0.214. The van der Waals surface area contributed by atoms with Gasteiger partial charge < -0.3 is 10.4 Å². The molecule has 3 heterocycles. The van der Waals surface area contributed by atoms with E-state index in [4.69, 9.17) is 23.2 Å². The van der Waals surface area contributed by atoms with E-state index in [9.17, 15) is 5.11 Å². The first-order valence-corrected chi connectivity index (χ1v) is 8.33.